The smallest absolute Gasteiger partial charge is 0.154 e. The molecule has 10 heavy (non-hydrogen) atoms. The fourth-order valence-electron chi connectivity index (χ4n) is 0.561. The maximum Gasteiger partial charge on any atom is 0.154 e. The van der Waals surface area contributed by atoms with Gasteiger partial charge in [0.25, 0.3) is 0 Å². The number of aromatic nitrogens is 1. The summed E-state index contributed by atoms with van der Waals surface area (Å²) >= 11 is 2.03. The molecule has 0 fully saturated rings. The standard InChI is InChI=1S/C6H6INO2/c1-10-5-2-4(9)3-8-6(5)7/h2-3,9H,1H3. The van der Waals surface area contributed by atoms with Gasteiger partial charge in [0.2, 0.25) is 0 Å². The fourth-order valence-corrected chi connectivity index (χ4v) is 1.08. The molecule has 0 saturated heterocycles. The molecule has 4 heteroatoms. The minimum atomic E-state index is 0.122. The lowest BCUT2D eigenvalue weighted by Gasteiger charge is -2.00. The number of halogens is 1. The van der Waals surface area contributed by atoms with Crippen molar-refractivity contribution in [3.8, 4) is 11.5 Å². The Bertz CT molecular complexity index is 239. The van der Waals surface area contributed by atoms with Gasteiger partial charge >= 0.3 is 0 Å². The molecule has 1 N–H and O–H groups in total. The number of aromatic hydroxyl groups is 1. The number of ether oxygens (including phenoxy) is 1. The van der Waals surface area contributed by atoms with Gasteiger partial charge in [-0.3, -0.25) is 0 Å². The summed E-state index contributed by atoms with van der Waals surface area (Å²) in [7, 11) is 1.54. The van der Waals surface area contributed by atoms with E-state index in [-0.39, 0.29) is 5.75 Å². The monoisotopic (exact) mass is 251 g/mol. The molecule has 0 saturated carbocycles. The second kappa shape index (κ2) is 3.05. The average molecular weight is 251 g/mol. The van der Waals surface area contributed by atoms with Crippen molar-refractivity contribution in [1.82, 2.24) is 4.98 Å². The van der Waals surface area contributed by atoms with Crippen LogP contribution in [0.4, 0.5) is 0 Å². The molecule has 0 spiro atoms. The van der Waals surface area contributed by atoms with Crippen LogP contribution in [0.2, 0.25) is 0 Å². The Morgan fingerprint density at radius 1 is 1.70 bits per heavy atom. The van der Waals surface area contributed by atoms with E-state index in [9.17, 15) is 0 Å². The van der Waals surface area contributed by atoms with Crippen molar-refractivity contribution >= 4 is 22.6 Å². The van der Waals surface area contributed by atoms with Gasteiger partial charge in [-0.15, -0.1) is 0 Å². The van der Waals surface area contributed by atoms with Crippen molar-refractivity contribution in [1.29, 1.82) is 0 Å². The first kappa shape index (κ1) is 7.59. The van der Waals surface area contributed by atoms with Crippen LogP contribution in [0, 0.1) is 3.70 Å². The lowest BCUT2D eigenvalue weighted by atomic mass is 10.4. The maximum atomic E-state index is 8.92. The number of methoxy groups -OCH3 is 1. The van der Waals surface area contributed by atoms with Gasteiger partial charge in [0.05, 0.1) is 13.3 Å². The molecule has 0 amide bonds. The predicted octanol–water partition coefficient (Wildman–Crippen LogP) is 1.40. The largest absolute Gasteiger partial charge is 0.506 e. The number of pyridine rings is 1. The average Bonchev–Trinajstić information content (AvgIpc) is 1.94. The van der Waals surface area contributed by atoms with Gasteiger partial charge in [0, 0.05) is 6.07 Å². The molecule has 0 radical (unpaired) electrons. The Labute approximate surface area is 72.2 Å². The first-order valence-electron chi connectivity index (χ1n) is 2.62. The molecule has 1 rings (SSSR count). The lowest BCUT2D eigenvalue weighted by molar-refractivity contribution is 0.401. The maximum absolute atomic E-state index is 8.92. The van der Waals surface area contributed by atoms with Crippen molar-refractivity contribution in [2.75, 3.05) is 7.11 Å². The van der Waals surface area contributed by atoms with E-state index in [0.717, 1.165) is 3.70 Å². The molecule has 0 atom stereocenters. The molecule has 0 bridgehead atoms. The highest BCUT2D eigenvalue weighted by molar-refractivity contribution is 14.1. The molecular formula is C6H6INO2. The first-order chi connectivity index (χ1) is 4.74. The lowest BCUT2D eigenvalue weighted by Crippen LogP contribution is -1.88. The van der Waals surface area contributed by atoms with Crippen LogP contribution in [0.25, 0.3) is 0 Å². The fraction of sp³-hybridized carbons (Fsp3) is 0.167. The van der Waals surface area contributed by atoms with E-state index in [1.54, 1.807) is 7.11 Å². The van der Waals surface area contributed by atoms with Crippen molar-refractivity contribution in [3.63, 3.8) is 0 Å². The summed E-state index contributed by atoms with van der Waals surface area (Å²) in [6.45, 7) is 0. The van der Waals surface area contributed by atoms with Gasteiger partial charge < -0.3 is 9.84 Å². The molecular weight excluding hydrogens is 245 g/mol. The van der Waals surface area contributed by atoms with Gasteiger partial charge in [-0.05, 0) is 22.6 Å². The van der Waals surface area contributed by atoms with Gasteiger partial charge in [0.15, 0.2) is 5.75 Å². The molecule has 0 unspecified atom stereocenters. The third-order valence-corrected chi connectivity index (χ3v) is 1.82. The van der Waals surface area contributed by atoms with Gasteiger partial charge in [-0.2, -0.15) is 0 Å². The van der Waals surface area contributed by atoms with Gasteiger partial charge in [-0.1, -0.05) is 0 Å². The van der Waals surface area contributed by atoms with Gasteiger partial charge in [0.1, 0.15) is 9.45 Å². The highest BCUT2D eigenvalue weighted by Gasteiger charge is 2.00. The third-order valence-electron chi connectivity index (χ3n) is 1.01. The zero-order valence-corrected chi connectivity index (χ0v) is 7.49. The molecule has 1 aromatic heterocycles. The summed E-state index contributed by atoms with van der Waals surface area (Å²) in [5.74, 6) is 0.720. The summed E-state index contributed by atoms with van der Waals surface area (Å²) < 4.78 is 5.64. The first-order valence-corrected chi connectivity index (χ1v) is 3.70. The summed E-state index contributed by atoms with van der Waals surface area (Å²) in [6.07, 6.45) is 1.38. The van der Waals surface area contributed by atoms with Gasteiger partial charge in [-0.25, -0.2) is 4.98 Å². The Kier molecular flexibility index (Phi) is 2.31. The van der Waals surface area contributed by atoms with Crippen LogP contribution in [0.3, 0.4) is 0 Å². The third kappa shape index (κ3) is 1.50. The highest BCUT2D eigenvalue weighted by atomic mass is 127. The van der Waals surface area contributed by atoms with Crippen LogP contribution in [0.15, 0.2) is 12.3 Å². The highest BCUT2D eigenvalue weighted by Crippen LogP contribution is 2.21. The van der Waals surface area contributed by atoms with Crippen molar-refractivity contribution in [2.24, 2.45) is 0 Å². The Morgan fingerprint density at radius 3 is 2.90 bits per heavy atom. The summed E-state index contributed by atoms with van der Waals surface area (Å²) in [6, 6.07) is 1.52. The quantitative estimate of drug-likeness (QED) is 0.606. The van der Waals surface area contributed by atoms with Crippen molar-refractivity contribution < 1.29 is 9.84 Å². The minimum absolute atomic E-state index is 0.122. The van der Waals surface area contributed by atoms with Crippen LogP contribution in [-0.2, 0) is 0 Å². The predicted molar refractivity (Wildman–Crippen MR) is 45.2 cm³/mol. The molecule has 3 nitrogen and oxygen atoms in total. The second-order valence-corrected chi connectivity index (χ2v) is 2.71. The SMILES string of the molecule is COc1cc(O)cnc1I. The molecule has 0 aromatic carbocycles. The van der Waals surface area contributed by atoms with Crippen LogP contribution >= 0.6 is 22.6 Å². The van der Waals surface area contributed by atoms with Crippen LogP contribution < -0.4 is 4.74 Å². The molecule has 54 valence electrons. The number of nitrogens with zero attached hydrogens (tertiary/aromatic N) is 1. The molecule has 1 heterocycles. The van der Waals surface area contributed by atoms with Crippen molar-refractivity contribution in [3.05, 3.63) is 16.0 Å². The van der Waals surface area contributed by atoms with E-state index in [2.05, 4.69) is 4.98 Å². The topological polar surface area (TPSA) is 42.4 Å². The number of hydrogen-bond donors (Lipinski definition) is 1. The molecule has 0 aliphatic heterocycles. The number of rotatable bonds is 1. The van der Waals surface area contributed by atoms with E-state index in [1.807, 2.05) is 22.6 Å². The molecule has 1 aromatic rings. The Morgan fingerprint density at radius 2 is 2.40 bits per heavy atom. The summed E-state index contributed by atoms with van der Waals surface area (Å²) in [4.78, 5) is 3.86. The van der Waals surface area contributed by atoms with E-state index in [0.29, 0.717) is 5.75 Å². The number of hydrogen-bond acceptors (Lipinski definition) is 3. The zero-order chi connectivity index (χ0) is 7.56. The Hall–Kier alpha value is -0.520. The van der Waals surface area contributed by atoms with E-state index < -0.39 is 0 Å². The van der Waals surface area contributed by atoms with Crippen LogP contribution in [-0.4, -0.2) is 17.2 Å². The second-order valence-electron chi connectivity index (χ2n) is 1.69. The molecule has 0 aliphatic rings. The Balaban J connectivity index is 3.09. The minimum Gasteiger partial charge on any atom is -0.506 e. The van der Waals surface area contributed by atoms with E-state index in [4.69, 9.17) is 9.84 Å². The van der Waals surface area contributed by atoms with E-state index >= 15 is 0 Å². The molecule has 0 aliphatic carbocycles. The van der Waals surface area contributed by atoms with E-state index in [1.165, 1.54) is 12.3 Å². The summed E-state index contributed by atoms with van der Waals surface area (Å²) in [5.41, 5.74) is 0. The van der Waals surface area contributed by atoms with Crippen LogP contribution in [0.5, 0.6) is 11.5 Å². The van der Waals surface area contributed by atoms with Crippen LogP contribution in [0.1, 0.15) is 0 Å². The normalized spacial score (nSPS) is 9.40. The zero-order valence-electron chi connectivity index (χ0n) is 5.34. The summed E-state index contributed by atoms with van der Waals surface area (Å²) in [5, 5.41) is 8.92. The van der Waals surface area contributed by atoms with Crippen molar-refractivity contribution in [2.45, 2.75) is 0 Å².